The van der Waals surface area contributed by atoms with Crippen molar-refractivity contribution in [1.29, 1.82) is 0 Å². The van der Waals surface area contributed by atoms with E-state index in [4.69, 9.17) is 0 Å². The molecule has 0 amide bonds. The van der Waals surface area contributed by atoms with Crippen molar-refractivity contribution in [2.75, 3.05) is 12.3 Å². The van der Waals surface area contributed by atoms with Crippen molar-refractivity contribution < 1.29 is 0 Å². The van der Waals surface area contributed by atoms with Crippen molar-refractivity contribution in [2.24, 2.45) is 0 Å². The summed E-state index contributed by atoms with van der Waals surface area (Å²) in [6.07, 6.45) is 3.84. The molecule has 2 nitrogen and oxygen atoms in total. The van der Waals surface area contributed by atoms with E-state index in [0.29, 0.717) is 6.04 Å². The summed E-state index contributed by atoms with van der Waals surface area (Å²) in [7, 11) is 0. The molecule has 0 saturated heterocycles. The Balaban J connectivity index is 2.08. The Morgan fingerprint density at radius 1 is 1.25 bits per heavy atom. The number of nitrogens with one attached hydrogen (secondary N) is 1. The summed E-state index contributed by atoms with van der Waals surface area (Å²) in [6, 6.07) is 11.1. The molecule has 0 bridgehead atoms. The first-order chi connectivity index (χ1) is 9.70. The molecule has 3 heteroatoms. The van der Waals surface area contributed by atoms with Gasteiger partial charge in [0.05, 0.1) is 0 Å². The van der Waals surface area contributed by atoms with Crippen LogP contribution in [0.4, 0.5) is 0 Å². The van der Waals surface area contributed by atoms with E-state index in [0.717, 1.165) is 12.3 Å². The molecule has 1 aromatic carbocycles. The fourth-order valence-electron chi connectivity index (χ4n) is 2.23. The van der Waals surface area contributed by atoms with Gasteiger partial charge in [0.25, 0.3) is 0 Å². The molecule has 0 spiro atoms. The molecule has 2 aromatic rings. The van der Waals surface area contributed by atoms with Crippen molar-refractivity contribution in [3.8, 4) is 0 Å². The fraction of sp³-hybridized carbons (Fsp3) is 0.353. The van der Waals surface area contributed by atoms with E-state index in [2.05, 4.69) is 61.4 Å². The molecule has 0 saturated carbocycles. The molecule has 0 radical (unpaired) electrons. The van der Waals surface area contributed by atoms with E-state index < -0.39 is 0 Å². The van der Waals surface area contributed by atoms with Gasteiger partial charge in [0, 0.05) is 29.1 Å². The lowest BCUT2D eigenvalue weighted by molar-refractivity contribution is 0.601. The Morgan fingerprint density at radius 3 is 2.80 bits per heavy atom. The highest BCUT2D eigenvalue weighted by molar-refractivity contribution is 7.99. The van der Waals surface area contributed by atoms with Gasteiger partial charge in [-0.25, -0.2) is 0 Å². The highest BCUT2D eigenvalue weighted by Crippen LogP contribution is 2.26. The molecule has 0 aliphatic heterocycles. The summed E-state index contributed by atoms with van der Waals surface area (Å²) < 4.78 is 0. The summed E-state index contributed by atoms with van der Waals surface area (Å²) in [6.45, 7) is 7.40. The third kappa shape index (κ3) is 4.09. The number of aromatic nitrogens is 1. The van der Waals surface area contributed by atoms with Gasteiger partial charge in [-0.2, -0.15) is 0 Å². The number of hydrogen-bond acceptors (Lipinski definition) is 3. The van der Waals surface area contributed by atoms with Gasteiger partial charge < -0.3 is 5.32 Å². The van der Waals surface area contributed by atoms with Crippen molar-refractivity contribution in [3.63, 3.8) is 0 Å². The summed E-state index contributed by atoms with van der Waals surface area (Å²) in [4.78, 5) is 5.60. The van der Waals surface area contributed by atoms with Gasteiger partial charge >= 0.3 is 0 Å². The van der Waals surface area contributed by atoms with E-state index >= 15 is 0 Å². The van der Waals surface area contributed by atoms with E-state index in [-0.39, 0.29) is 0 Å². The lowest BCUT2D eigenvalue weighted by Gasteiger charge is -2.19. The smallest absolute Gasteiger partial charge is 0.0433 e. The highest BCUT2D eigenvalue weighted by atomic mass is 32.2. The van der Waals surface area contributed by atoms with Crippen LogP contribution in [0.1, 0.15) is 29.7 Å². The Labute approximate surface area is 126 Å². The van der Waals surface area contributed by atoms with E-state index in [1.54, 1.807) is 0 Å². The number of aryl methyl sites for hydroxylation is 2. The van der Waals surface area contributed by atoms with Crippen LogP contribution < -0.4 is 5.32 Å². The molecule has 0 aliphatic carbocycles. The van der Waals surface area contributed by atoms with Gasteiger partial charge in [-0.15, -0.1) is 11.8 Å². The van der Waals surface area contributed by atoms with Crippen LogP contribution in [0.5, 0.6) is 0 Å². The van der Waals surface area contributed by atoms with Gasteiger partial charge in [0.2, 0.25) is 0 Å². The van der Waals surface area contributed by atoms with Crippen LogP contribution in [-0.2, 0) is 0 Å². The zero-order valence-corrected chi connectivity index (χ0v) is 13.2. The number of pyridine rings is 1. The minimum atomic E-state index is 0.346. The quantitative estimate of drug-likeness (QED) is 0.808. The van der Waals surface area contributed by atoms with Crippen LogP contribution >= 0.6 is 11.8 Å². The average molecular weight is 286 g/mol. The van der Waals surface area contributed by atoms with Crippen LogP contribution in [0.25, 0.3) is 0 Å². The first-order valence-corrected chi connectivity index (χ1v) is 8.02. The van der Waals surface area contributed by atoms with Crippen LogP contribution in [-0.4, -0.2) is 17.3 Å². The Bertz CT molecular complexity index is 554. The SMILES string of the molecule is CCNC(CSc1cccc(C)c1)c1cnccc1C. The van der Waals surface area contributed by atoms with Crippen LogP contribution in [0.2, 0.25) is 0 Å². The van der Waals surface area contributed by atoms with Gasteiger partial charge in [-0.1, -0.05) is 24.6 Å². The van der Waals surface area contributed by atoms with Crippen molar-refractivity contribution in [1.82, 2.24) is 10.3 Å². The van der Waals surface area contributed by atoms with E-state index in [1.807, 2.05) is 24.2 Å². The molecule has 0 fully saturated rings. The molecule has 1 aromatic heterocycles. The third-order valence-corrected chi connectivity index (χ3v) is 4.40. The van der Waals surface area contributed by atoms with Crippen LogP contribution in [0.3, 0.4) is 0 Å². The van der Waals surface area contributed by atoms with Gasteiger partial charge in [-0.05, 0) is 49.7 Å². The normalized spacial score (nSPS) is 12.3. The van der Waals surface area contributed by atoms with Crippen molar-refractivity contribution >= 4 is 11.8 Å². The maximum atomic E-state index is 4.27. The third-order valence-electron chi connectivity index (χ3n) is 3.31. The maximum Gasteiger partial charge on any atom is 0.0433 e. The number of benzene rings is 1. The highest BCUT2D eigenvalue weighted by Gasteiger charge is 2.13. The lowest BCUT2D eigenvalue weighted by atomic mass is 10.1. The molecule has 1 N–H and O–H groups in total. The topological polar surface area (TPSA) is 24.9 Å². The van der Waals surface area contributed by atoms with Crippen LogP contribution in [0, 0.1) is 13.8 Å². The number of thioether (sulfide) groups is 1. The second kappa shape index (κ2) is 7.46. The van der Waals surface area contributed by atoms with E-state index in [1.165, 1.54) is 21.6 Å². The van der Waals surface area contributed by atoms with Crippen molar-refractivity contribution in [3.05, 3.63) is 59.4 Å². The molecule has 1 atom stereocenters. The zero-order chi connectivity index (χ0) is 14.4. The first kappa shape index (κ1) is 15.1. The summed E-state index contributed by atoms with van der Waals surface area (Å²) >= 11 is 1.90. The molecule has 0 aliphatic rings. The minimum absolute atomic E-state index is 0.346. The Kier molecular flexibility index (Phi) is 5.62. The Hall–Kier alpha value is -1.32. The Morgan fingerprint density at radius 2 is 2.10 bits per heavy atom. The summed E-state index contributed by atoms with van der Waals surface area (Å²) in [5.74, 6) is 1.02. The van der Waals surface area contributed by atoms with Gasteiger partial charge in [-0.3, -0.25) is 4.98 Å². The number of rotatable bonds is 6. The standard InChI is InChI=1S/C17H22N2S/c1-4-19-17(16-11-18-9-8-14(16)3)12-20-15-7-5-6-13(2)10-15/h5-11,17,19H,4,12H2,1-3H3. The minimum Gasteiger partial charge on any atom is -0.309 e. The lowest BCUT2D eigenvalue weighted by Crippen LogP contribution is -2.23. The first-order valence-electron chi connectivity index (χ1n) is 7.04. The fourth-order valence-corrected chi connectivity index (χ4v) is 3.33. The second-order valence-electron chi connectivity index (χ2n) is 4.97. The van der Waals surface area contributed by atoms with Gasteiger partial charge in [0.15, 0.2) is 0 Å². The van der Waals surface area contributed by atoms with Crippen LogP contribution in [0.15, 0.2) is 47.6 Å². The second-order valence-corrected chi connectivity index (χ2v) is 6.06. The molecule has 2 rings (SSSR count). The maximum absolute atomic E-state index is 4.27. The zero-order valence-electron chi connectivity index (χ0n) is 12.4. The molecule has 20 heavy (non-hydrogen) atoms. The van der Waals surface area contributed by atoms with Crippen molar-refractivity contribution in [2.45, 2.75) is 31.7 Å². The molecular weight excluding hydrogens is 264 g/mol. The van der Waals surface area contributed by atoms with Gasteiger partial charge in [0.1, 0.15) is 0 Å². The molecule has 106 valence electrons. The predicted octanol–water partition coefficient (Wildman–Crippen LogP) is 4.14. The molecular formula is C17H22N2S. The van der Waals surface area contributed by atoms with E-state index in [9.17, 15) is 0 Å². The number of nitrogens with zero attached hydrogens (tertiary/aromatic N) is 1. The molecule has 1 heterocycles. The predicted molar refractivity (Wildman–Crippen MR) is 87.3 cm³/mol. The monoisotopic (exact) mass is 286 g/mol. The summed E-state index contributed by atoms with van der Waals surface area (Å²) in [5, 5.41) is 3.56. The average Bonchev–Trinajstić information content (AvgIpc) is 2.44. The summed E-state index contributed by atoms with van der Waals surface area (Å²) in [5.41, 5.74) is 3.91. The molecule has 1 unspecified atom stereocenters. The largest absolute Gasteiger partial charge is 0.309 e. The number of hydrogen-bond donors (Lipinski definition) is 1.